The van der Waals surface area contributed by atoms with Crippen molar-refractivity contribution in [3.8, 4) is 5.75 Å². The molecule has 0 fully saturated rings. The molecule has 0 saturated heterocycles. The van der Waals surface area contributed by atoms with Crippen molar-refractivity contribution in [1.82, 2.24) is 9.80 Å². The maximum atomic E-state index is 14.1. The van der Waals surface area contributed by atoms with Crippen LogP contribution in [-0.4, -0.2) is 105 Å². The lowest BCUT2D eigenvalue weighted by Gasteiger charge is -2.28. The molecule has 2 aromatic carbocycles. The largest absolute Gasteiger partial charge is 0.478 e. The van der Waals surface area contributed by atoms with Gasteiger partial charge in [0.05, 0.1) is 31.7 Å². The van der Waals surface area contributed by atoms with Gasteiger partial charge in [-0.05, 0) is 107 Å². The summed E-state index contributed by atoms with van der Waals surface area (Å²) in [5.74, 6) is -5.43. The average Bonchev–Trinajstić information content (AvgIpc) is 2.97. The van der Waals surface area contributed by atoms with E-state index in [-0.39, 0.29) is 46.7 Å². The van der Waals surface area contributed by atoms with Crippen LogP contribution < -0.4 is 4.74 Å². The zero-order valence-corrected chi connectivity index (χ0v) is 35.4. The first-order valence-electron chi connectivity index (χ1n) is 18.4. The van der Waals surface area contributed by atoms with E-state index in [0.29, 0.717) is 0 Å². The molecule has 0 bridgehead atoms. The number of ether oxygens (including phenoxy) is 5. The van der Waals surface area contributed by atoms with Crippen LogP contribution in [0.15, 0.2) is 36.4 Å². The summed E-state index contributed by atoms with van der Waals surface area (Å²) in [5.41, 5.74) is -3.28. The Morgan fingerprint density at radius 3 is 1.16 bits per heavy atom. The first-order valence-corrected chi connectivity index (χ1v) is 18.4. The number of esters is 5. The molecule has 15 heteroatoms. The van der Waals surface area contributed by atoms with Gasteiger partial charge in [0.1, 0.15) is 28.2 Å². The van der Waals surface area contributed by atoms with Crippen LogP contribution in [0.1, 0.15) is 127 Å². The first-order chi connectivity index (χ1) is 25.9. The van der Waals surface area contributed by atoms with Gasteiger partial charge in [-0.1, -0.05) is 12.1 Å². The van der Waals surface area contributed by atoms with E-state index >= 15 is 0 Å². The lowest BCUT2D eigenvalue weighted by Crippen LogP contribution is -2.40. The van der Waals surface area contributed by atoms with Gasteiger partial charge in [0.25, 0.3) is 0 Å². The molecule has 1 N–H and O–H groups in total. The fourth-order valence-electron chi connectivity index (χ4n) is 5.40. The number of hydrogen-bond acceptors (Lipinski definition) is 14. The lowest BCUT2D eigenvalue weighted by molar-refractivity contribution is -0.162. The molecule has 0 spiro atoms. The predicted octanol–water partition coefficient (Wildman–Crippen LogP) is 5.51. The topological polar surface area (TPSA) is 192 Å². The third-order valence-corrected chi connectivity index (χ3v) is 7.00. The second kappa shape index (κ2) is 19.3. The SMILES string of the molecule is CC(=O)Oc1c(CN(CC(=O)OC(C)(C)C)CC(=O)OC(C)(C)C)cc(C(=O)c2cccc(C(=O)O)c2)cc1CN(CC(=O)OC(C)(C)C)CC(=O)OC(C)(C)C. The van der Waals surface area contributed by atoms with E-state index in [1.54, 1.807) is 83.1 Å². The van der Waals surface area contributed by atoms with Crippen LogP contribution in [0.5, 0.6) is 5.75 Å². The second-order valence-electron chi connectivity index (χ2n) is 17.6. The highest BCUT2D eigenvalue weighted by molar-refractivity contribution is 6.10. The smallest absolute Gasteiger partial charge is 0.335 e. The average molecular weight is 799 g/mol. The van der Waals surface area contributed by atoms with E-state index in [9.17, 15) is 38.7 Å². The number of aromatic carboxylic acids is 1. The molecule has 0 aliphatic rings. The van der Waals surface area contributed by atoms with Crippen LogP contribution >= 0.6 is 0 Å². The molecule has 0 aliphatic heterocycles. The fourth-order valence-corrected chi connectivity index (χ4v) is 5.40. The van der Waals surface area contributed by atoms with Crippen molar-refractivity contribution in [3.05, 3.63) is 64.2 Å². The van der Waals surface area contributed by atoms with Crippen LogP contribution in [0, 0.1) is 0 Å². The number of carboxylic acids is 1. The highest BCUT2D eigenvalue weighted by Gasteiger charge is 2.29. The van der Waals surface area contributed by atoms with Gasteiger partial charge in [-0.15, -0.1) is 0 Å². The number of rotatable bonds is 16. The maximum absolute atomic E-state index is 14.1. The van der Waals surface area contributed by atoms with Crippen LogP contribution in [-0.2, 0) is 56.0 Å². The minimum absolute atomic E-state index is 0.00223. The molecule has 0 saturated carbocycles. The van der Waals surface area contributed by atoms with Crippen molar-refractivity contribution in [1.29, 1.82) is 0 Å². The number of carboxylic acid groups (broad SMARTS) is 1. The normalized spacial score (nSPS) is 12.2. The molecule has 15 nitrogen and oxygen atoms in total. The molecule has 0 amide bonds. The number of ketones is 1. The third kappa shape index (κ3) is 18.6. The van der Waals surface area contributed by atoms with Crippen molar-refractivity contribution in [2.24, 2.45) is 0 Å². The Bertz CT molecular complexity index is 1680. The quantitative estimate of drug-likeness (QED) is 0.0967. The highest BCUT2D eigenvalue weighted by Crippen LogP contribution is 2.31. The highest BCUT2D eigenvalue weighted by atomic mass is 16.6. The Morgan fingerprint density at radius 1 is 0.526 bits per heavy atom. The van der Waals surface area contributed by atoms with E-state index in [1.165, 1.54) is 46.2 Å². The molecule has 314 valence electrons. The van der Waals surface area contributed by atoms with Crippen molar-refractivity contribution in [3.63, 3.8) is 0 Å². The van der Waals surface area contributed by atoms with Crippen LogP contribution in [0.25, 0.3) is 0 Å². The molecule has 2 rings (SSSR count). The summed E-state index contributed by atoms with van der Waals surface area (Å²) in [5, 5.41) is 9.62. The molecule has 0 heterocycles. The fraction of sp³-hybridized carbons (Fsp3) is 0.548. The van der Waals surface area contributed by atoms with Gasteiger partial charge in [-0.25, -0.2) is 4.79 Å². The number of benzene rings is 2. The molecule has 0 aromatic heterocycles. The molecule has 0 atom stereocenters. The van der Waals surface area contributed by atoms with Gasteiger partial charge in [-0.2, -0.15) is 0 Å². The Balaban J connectivity index is 2.90. The number of nitrogens with zero attached hydrogens (tertiary/aromatic N) is 2. The van der Waals surface area contributed by atoms with Crippen molar-refractivity contribution < 1.29 is 62.4 Å². The molecule has 0 aliphatic carbocycles. The first kappa shape index (κ1) is 48.0. The standard InChI is InChI=1S/C42H58N2O13/c1-26(45)53-37-30(20-43(22-32(46)54-39(2,3)4)23-33(47)55-40(5,6)7)18-29(36(50)27-15-14-16-28(17-27)38(51)52)19-31(37)21-44(24-34(48)56-41(8,9)10)25-35(49)57-42(11,12)13/h14-19H,20-25H2,1-13H3,(H,51,52). The minimum atomic E-state index is -1.25. The summed E-state index contributed by atoms with van der Waals surface area (Å²) >= 11 is 0. The molecule has 0 radical (unpaired) electrons. The van der Waals surface area contributed by atoms with Crippen molar-refractivity contribution >= 4 is 41.6 Å². The summed E-state index contributed by atoms with van der Waals surface area (Å²) in [7, 11) is 0. The van der Waals surface area contributed by atoms with E-state index in [4.69, 9.17) is 23.7 Å². The van der Waals surface area contributed by atoms with Gasteiger partial charge in [0.2, 0.25) is 0 Å². The van der Waals surface area contributed by atoms with Gasteiger partial charge in [-0.3, -0.25) is 38.6 Å². The zero-order valence-electron chi connectivity index (χ0n) is 35.4. The number of carbonyl (C=O) groups excluding carboxylic acids is 6. The lowest BCUT2D eigenvalue weighted by atomic mass is 9.96. The Hall–Kier alpha value is -5.15. The van der Waals surface area contributed by atoms with Crippen molar-refractivity contribution in [2.75, 3.05) is 26.2 Å². The van der Waals surface area contributed by atoms with Gasteiger partial charge in [0.15, 0.2) is 5.78 Å². The molecular formula is C42H58N2O13. The van der Waals surface area contributed by atoms with E-state index < -0.39 is 90.2 Å². The maximum Gasteiger partial charge on any atom is 0.335 e. The summed E-state index contributed by atoms with van der Waals surface area (Å²) in [6.07, 6.45) is 0. The molecule has 57 heavy (non-hydrogen) atoms. The Kier molecular flexibility index (Phi) is 16.3. The minimum Gasteiger partial charge on any atom is -0.478 e. The predicted molar refractivity (Wildman–Crippen MR) is 209 cm³/mol. The van der Waals surface area contributed by atoms with E-state index in [2.05, 4.69) is 0 Å². The van der Waals surface area contributed by atoms with Crippen LogP contribution in [0.4, 0.5) is 0 Å². The number of carbonyl (C=O) groups is 7. The van der Waals surface area contributed by atoms with E-state index in [0.717, 1.165) is 6.92 Å². The molecular weight excluding hydrogens is 740 g/mol. The van der Waals surface area contributed by atoms with Gasteiger partial charge < -0.3 is 28.8 Å². The van der Waals surface area contributed by atoms with E-state index in [1.807, 2.05) is 0 Å². The Labute approximate surface area is 334 Å². The monoisotopic (exact) mass is 798 g/mol. The Morgan fingerprint density at radius 2 is 0.860 bits per heavy atom. The van der Waals surface area contributed by atoms with Gasteiger partial charge >= 0.3 is 35.8 Å². The molecule has 2 aromatic rings. The third-order valence-electron chi connectivity index (χ3n) is 7.00. The summed E-state index contributed by atoms with van der Waals surface area (Å²) in [6, 6.07) is 8.19. The second-order valence-corrected chi connectivity index (χ2v) is 17.6. The summed E-state index contributed by atoms with van der Waals surface area (Å²) in [4.78, 5) is 94.0. The molecule has 0 unspecified atom stereocenters. The van der Waals surface area contributed by atoms with Crippen LogP contribution in [0.3, 0.4) is 0 Å². The van der Waals surface area contributed by atoms with Crippen molar-refractivity contribution in [2.45, 2.75) is 126 Å². The van der Waals surface area contributed by atoms with Gasteiger partial charge in [0, 0.05) is 42.3 Å². The zero-order chi connectivity index (χ0) is 43.7. The summed E-state index contributed by atoms with van der Waals surface area (Å²) < 4.78 is 27.9. The number of hydrogen-bond donors (Lipinski definition) is 1. The van der Waals surface area contributed by atoms with Crippen LogP contribution in [0.2, 0.25) is 0 Å². The summed E-state index contributed by atoms with van der Waals surface area (Å²) in [6.45, 7) is 19.1.